The Balaban J connectivity index is 2.46. The van der Waals surface area contributed by atoms with Crippen LogP contribution in [0.4, 0.5) is 5.69 Å². The highest BCUT2D eigenvalue weighted by Gasteiger charge is 2.20. The molecule has 1 aromatic carbocycles. The summed E-state index contributed by atoms with van der Waals surface area (Å²) in [5.74, 6) is 0.772. The number of hydrogen-bond acceptors (Lipinski definition) is 4. The zero-order valence-corrected chi connectivity index (χ0v) is 20.0. The van der Waals surface area contributed by atoms with Crippen LogP contribution in [0.5, 0.6) is 11.5 Å². The van der Waals surface area contributed by atoms with E-state index in [0.29, 0.717) is 24.6 Å². The lowest BCUT2D eigenvalue weighted by atomic mass is 10.1. The molecule has 170 valence electrons. The van der Waals surface area contributed by atoms with Gasteiger partial charge in [0.05, 0.1) is 11.6 Å². The standard InChI is InChI=1S/C26H38N2O3/c1-7-8-15-28-23-17-21(27)12-13-22(23)24(25(26(28)29)31-19(4)5)30-16-14-20(6)11-9-10-18(2)3/h10,12-14,17,19H,7-9,11,15-16,27H2,1-6H3/b20-14+. The maximum Gasteiger partial charge on any atom is 0.297 e. The lowest BCUT2D eigenvalue weighted by Gasteiger charge is -2.20. The van der Waals surface area contributed by atoms with Crippen molar-refractivity contribution in [1.82, 2.24) is 4.57 Å². The zero-order valence-electron chi connectivity index (χ0n) is 20.0. The van der Waals surface area contributed by atoms with Crippen LogP contribution in [0.15, 0.2) is 46.3 Å². The summed E-state index contributed by atoms with van der Waals surface area (Å²) in [5.41, 5.74) is 9.87. The van der Waals surface area contributed by atoms with E-state index >= 15 is 0 Å². The van der Waals surface area contributed by atoms with Gasteiger partial charge in [0.2, 0.25) is 5.75 Å². The zero-order chi connectivity index (χ0) is 23.0. The van der Waals surface area contributed by atoms with Gasteiger partial charge in [-0.05, 0) is 78.2 Å². The number of nitrogen functional groups attached to an aromatic ring is 1. The maximum atomic E-state index is 13.4. The Morgan fingerprint density at radius 3 is 2.55 bits per heavy atom. The predicted molar refractivity (Wildman–Crippen MR) is 131 cm³/mol. The average molecular weight is 427 g/mol. The van der Waals surface area contributed by atoms with E-state index in [2.05, 4.69) is 39.8 Å². The molecule has 0 bridgehead atoms. The van der Waals surface area contributed by atoms with E-state index in [0.717, 1.165) is 36.6 Å². The molecule has 0 saturated heterocycles. The summed E-state index contributed by atoms with van der Waals surface area (Å²) in [6, 6.07) is 5.60. The number of rotatable bonds is 11. The van der Waals surface area contributed by atoms with Crippen LogP contribution in [-0.4, -0.2) is 17.3 Å². The Morgan fingerprint density at radius 2 is 1.90 bits per heavy atom. The summed E-state index contributed by atoms with van der Waals surface area (Å²) in [7, 11) is 0. The molecule has 1 aromatic heterocycles. The third kappa shape index (κ3) is 6.91. The summed E-state index contributed by atoms with van der Waals surface area (Å²) in [6.45, 7) is 13.3. The third-order valence-corrected chi connectivity index (χ3v) is 5.04. The van der Waals surface area contributed by atoms with Crippen LogP contribution in [0.2, 0.25) is 0 Å². The minimum Gasteiger partial charge on any atom is -0.485 e. The second-order valence-electron chi connectivity index (χ2n) is 8.59. The first kappa shape index (κ1) is 24.6. The van der Waals surface area contributed by atoms with Crippen molar-refractivity contribution < 1.29 is 9.47 Å². The van der Waals surface area contributed by atoms with Crippen LogP contribution in [0.25, 0.3) is 10.9 Å². The Bertz CT molecular complexity index is 996. The van der Waals surface area contributed by atoms with E-state index in [1.807, 2.05) is 32.0 Å². The molecule has 5 nitrogen and oxygen atoms in total. The molecule has 0 spiro atoms. The largest absolute Gasteiger partial charge is 0.485 e. The van der Waals surface area contributed by atoms with Crippen LogP contribution in [-0.2, 0) is 6.54 Å². The van der Waals surface area contributed by atoms with Crippen LogP contribution in [0.3, 0.4) is 0 Å². The van der Waals surface area contributed by atoms with Gasteiger partial charge < -0.3 is 19.8 Å². The summed E-state index contributed by atoms with van der Waals surface area (Å²) in [4.78, 5) is 13.4. The SMILES string of the molecule is CCCCn1c(=O)c(OC(C)C)c(OC/C=C(\C)CCC=C(C)C)c2ccc(N)cc21. The smallest absolute Gasteiger partial charge is 0.297 e. The van der Waals surface area contributed by atoms with Crippen molar-refractivity contribution in [2.75, 3.05) is 12.3 Å². The van der Waals surface area contributed by atoms with E-state index in [9.17, 15) is 4.79 Å². The molecule has 0 atom stereocenters. The molecular formula is C26H38N2O3. The maximum absolute atomic E-state index is 13.4. The van der Waals surface area contributed by atoms with E-state index < -0.39 is 0 Å². The number of allylic oxidation sites excluding steroid dienone is 3. The topological polar surface area (TPSA) is 66.5 Å². The number of ether oxygens (including phenoxy) is 2. The number of benzene rings is 1. The molecule has 0 fully saturated rings. The van der Waals surface area contributed by atoms with Crippen molar-refractivity contribution in [2.24, 2.45) is 0 Å². The highest BCUT2D eigenvalue weighted by atomic mass is 16.5. The third-order valence-electron chi connectivity index (χ3n) is 5.04. The minimum absolute atomic E-state index is 0.137. The molecule has 0 aliphatic heterocycles. The van der Waals surface area contributed by atoms with Gasteiger partial charge in [-0.15, -0.1) is 0 Å². The van der Waals surface area contributed by atoms with Crippen LogP contribution >= 0.6 is 0 Å². The van der Waals surface area contributed by atoms with Crippen molar-refractivity contribution in [3.8, 4) is 11.5 Å². The van der Waals surface area contributed by atoms with Gasteiger partial charge >= 0.3 is 0 Å². The van der Waals surface area contributed by atoms with Crippen molar-refractivity contribution in [3.63, 3.8) is 0 Å². The number of aryl methyl sites for hydroxylation is 1. The number of aromatic nitrogens is 1. The summed E-state index contributed by atoms with van der Waals surface area (Å²) < 4.78 is 13.9. The van der Waals surface area contributed by atoms with Gasteiger partial charge in [0, 0.05) is 17.6 Å². The fourth-order valence-corrected chi connectivity index (χ4v) is 3.39. The molecule has 5 heteroatoms. The number of pyridine rings is 1. The van der Waals surface area contributed by atoms with E-state index in [4.69, 9.17) is 15.2 Å². The van der Waals surface area contributed by atoms with Gasteiger partial charge in [-0.1, -0.05) is 30.6 Å². The first-order chi connectivity index (χ1) is 14.7. The Labute approximate surface area is 186 Å². The summed E-state index contributed by atoms with van der Waals surface area (Å²) in [5, 5.41) is 0.844. The van der Waals surface area contributed by atoms with Gasteiger partial charge in [0.25, 0.3) is 5.56 Å². The van der Waals surface area contributed by atoms with Gasteiger partial charge in [-0.25, -0.2) is 0 Å². The normalized spacial score (nSPS) is 11.8. The van der Waals surface area contributed by atoms with Gasteiger partial charge in [0.1, 0.15) is 6.61 Å². The number of anilines is 1. The molecule has 2 N–H and O–H groups in total. The number of nitrogens with two attached hydrogens (primary N) is 1. The highest BCUT2D eigenvalue weighted by Crippen LogP contribution is 2.34. The molecule has 31 heavy (non-hydrogen) atoms. The molecule has 1 heterocycles. The monoisotopic (exact) mass is 426 g/mol. The number of unbranched alkanes of at least 4 members (excludes halogenated alkanes) is 1. The molecule has 0 amide bonds. The van der Waals surface area contributed by atoms with Gasteiger partial charge in [0.15, 0.2) is 5.75 Å². The molecule has 0 aliphatic carbocycles. The number of nitrogens with zero attached hydrogens (tertiary/aromatic N) is 1. The van der Waals surface area contributed by atoms with Crippen molar-refractivity contribution in [3.05, 3.63) is 51.9 Å². The van der Waals surface area contributed by atoms with E-state index in [1.165, 1.54) is 11.1 Å². The van der Waals surface area contributed by atoms with Crippen LogP contribution in [0.1, 0.15) is 67.2 Å². The second kappa shape index (κ2) is 11.6. The molecule has 0 saturated carbocycles. The van der Waals surface area contributed by atoms with Gasteiger partial charge in [-0.3, -0.25) is 4.79 Å². The quantitative estimate of drug-likeness (QED) is 0.341. The number of fused-ring (bicyclic) bond motifs is 1. The lowest BCUT2D eigenvalue weighted by molar-refractivity contribution is 0.222. The van der Waals surface area contributed by atoms with Gasteiger partial charge in [-0.2, -0.15) is 0 Å². The predicted octanol–water partition coefficient (Wildman–Crippen LogP) is 6.24. The minimum atomic E-state index is -0.167. The van der Waals surface area contributed by atoms with Crippen LogP contribution in [0, 0.1) is 0 Å². The lowest BCUT2D eigenvalue weighted by Crippen LogP contribution is -2.25. The molecule has 2 aromatic rings. The van der Waals surface area contributed by atoms with E-state index in [1.54, 1.807) is 4.57 Å². The Hall–Kier alpha value is -2.69. The molecule has 2 rings (SSSR count). The van der Waals surface area contributed by atoms with Crippen LogP contribution < -0.4 is 20.8 Å². The average Bonchev–Trinajstić information content (AvgIpc) is 2.69. The summed E-state index contributed by atoms with van der Waals surface area (Å²) in [6.07, 6.45) is 8.07. The van der Waals surface area contributed by atoms with Crippen molar-refractivity contribution >= 4 is 16.6 Å². The van der Waals surface area contributed by atoms with Crippen molar-refractivity contribution in [2.45, 2.75) is 79.9 Å². The molecular weight excluding hydrogens is 388 g/mol. The highest BCUT2D eigenvalue weighted by molar-refractivity contribution is 5.90. The fourth-order valence-electron chi connectivity index (χ4n) is 3.39. The number of hydrogen-bond donors (Lipinski definition) is 1. The molecule has 0 radical (unpaired) electrons. The Kier molecular flexibility index (Phi) is 9.22. The first-order valence-electron chi connectivity index (χ1n) is 11.3. The Morgan fingerprint density at radius 1 is 1.16 bits per heavy atom. The first-order valence-corrected chi connectivity index (χ1v) is 11.3. The van der Waals surface area contributed by atoms with E-state index in [-0.39, 0.29) is 17.4 Å². The fraction of sp³-hybridized carbons (Fsp3) is 0.500. The second-order valence-corrected chi connectivity index (χ2v) is 8.59. The molecule has 0 aliphatic rings. The molecule has 0 unspecified atom stereocenters. The van der Waals surface area contributed by atoms with Crippen molar-refractivity contribution in [1.29, 1.82) is 0 Å². The summed E-state index contributed by atoms with van der Waals surface area (Å²) >= 11 is 0.